The Morgan fingerprint density at radius 2 is 2.11 bits per heavy atom. The average molecular weight is 244 g/mol. The first-order valence-electron chi connectivity index (χ1n) is 6.32. The van der Waals surface area contributed by atoms with Crippen LogP contribution in [-0.4, -0.2) is 14.7 Å². The second-order valence-electron chi connectivity index (χ2n) is 5.14. The van der Waals surface area contributed by atoms with Crippen LogP contribution in [0.3, 0.4) is 0 Å². The Labute approximate surface area is 108 Å². The van der Waals surface area contributed by atoms with E-state index in [9.17, 15) is 5.11 Å². The maximum absolute atomic E-state index is 10.3. The van der Waals surface area contributed by atoms with Crippen molar-refractivity contribution >= 4 is 0 Å². The number of aromatic nitrogens is 2. The van der Waals surface area contributed by atoms with Crippen LogP contribution >= 0.6 is 0 Å². The molecular weight excluding hydrogens is 224 g/mol. The van der Waals surface area contributed by atoms with E-state index in [1.165, 1.54) is 5.56 Å². The molecule has 18 heavy (non-hydrogen) atoms. The summed E-state index contributed by atoms with van der Waals surface area (Å²) in [6.07, 6.45) is 3.92. The monoisotopic (exact) mass is 244 g/mol. The molecule has 1 atom stereocenters. The van der Waals surface area contributed by atoms with E-state index in [4.69, 9.17) is 0 Å². The van der Waals surface area contributed by atoms with Crippen LogP contribution in [0.1, 0.15) is 36.9 Å². The molecule has 0 bridgehead atoms. The molecule has 0 aliphatic rings. The van der Waals surface area contributed by atoms with Crippen molar-refractivity contribution < 1.29 is 5.11 Å². The summed E-state index contributed by atoms with van der Waals surface area (Å²) in [5.41, 5.74) is 2.17. The van der Waals surface area contributed by atoms with Gasteiger partial charge in [0.25, 0.3) is 0 Å². The van der Waals surface area contributed by atoms with Gasteiger partial charge in [0.1, 0.15) is 11.9 Å². The lowest BCUT2D eigenvalue weighted by molar-refractivity contribution is 0.206. The predicted molar refractivity (Wildman–Crippen MR) is 72.3 cm³/mol. The fourth-order valence-corrected chi connectivity index (χ4v) is 2.15. The molecule has 1 N–H and O–H groups in total. The highest BCUT2D eigenvalue weighted by Crippen LogP contribution is 2.21. The van der Waals surface area contributed by atoms with Gasteiger partial charge in [0.15, 0.2) is 0 Å². The molecule has 1 unspecified atom stereocenters. The van der Waals surface area contributed by atoms with E-state index in [-0.39, 0.29) is 0 Å². The molecule has 1 aromatic heterocycles. The summed E-state index contributed by atoms with van der Waals surface area (Å²) in [4.78, 5) is 4.20. The lowest BCUT2D eigenvalue weighted by Gasteiger charge is -2.13. The third kappa shape index (κ3) is 2.79. The van der Waals surface area contributed by atoms with E-state index < -0.39 is 6.10 Å². The zero-order valence-electron chi connectivity index (χ0n) is 11.2. The molecule has 0 fully saturated rings. The minimum atomic E-state index is -0.655. The zero-order valence-corrected chi connectivity index (χ0v) is 11.2. The van der Waals surface area contributed by atoms with Crippen molar-refractivity contribution in [1.82, 2.24) is 9.55 Å². The number of aliphatic hydroxyl groups excluding tert-OH is 1. The second kappa shape index (κ2) is 5.36. The Balaban J connectivity index is 2.25. The Kier molecular flexibility index (Phi) is 3.82. The standard InChI is InChI=1S/C15H20N2O/c1-11(2)9-12-5-4-6-13(10-12)14(18)15-16-7-8-17(15)3/h4-8,10-11,14,18H,9H2,1-3H3. The molecular formula is C15H20N2O. The molecule has 1 heterocycles. The largest absolute Gasteiger partial charge is 0.380 e. The van der Waals surface area contributed by atoms with Crippen LogP contribution in [-0.2, 0) is 13.5 Å². The lowest BCUT2D eigenvalue weighted by atomic mass is 9.99. The van der Waals surface area contributed by atoms with Crippen LogP contribution in [0.5, 0.6) is 0 Å². The smallest absolute Gasteiger partial charge is 0.142 e. The SMILES string of the molecule is CC(C)Cc1cccc(C(O)c2nccn2C)c1. The molecule has 1 aromatic carbocycles. The first-order chi connectivity index (χ1) is 8.58. The molecule has 0 aliphatic carbocycles. The normalized spacial score (nSPS) is 12.9. The van der Waals surface area contributed by atoms with Crippen molar-refractivity contribution in [3.05, 3.63) is 53.6 Å². The van der Waals surface area contributed by atoms with Gasteiger partial charge in [0, 0.05) is 19.4 Å². The van der Waals surface area contributed by atoms with E-state index in [0.717, 1.165) is 12.0 Å². The number of imidazole rings is 1. The minimum Gasteiger partial charge on any atom is -0.380 e. The Bertz CT molecular complexity index is 517. The fourth-order valence-electron chi connectivity index (χ4n) is 2.15. The highest BCUT2D eigenvalue weighted by atomic mass is 16.3. The number of hydrogen-bond acceptors (Lipinski definition) is 2. The van der Waals surface area contributed by atoms with Crippen molar-refractivity contribution in [2.75, 3.05) is 0 Å². The maximum Gasteiger partial charge on any atom is 0.142 e. The Morgan fingerprint density at radius 1 is 1.33 bits per heavy atom. The summed E-state index contributed by atoms with van der Waals surface area (Å²) in [6, 6.07) is 8.12. The molecule has 3 heteroatoms. The number of aliphatic hydroxyl groups is 1. The van der Waals surface area contributed by atoms with E-state index in [0.29, 0.717) is 11.7 Å². The molecule has 0 aliphatic heterocycles. The second-order valence-corrected chi connectivity index (χ2v) is 5.14. The lowest BCUT2D eigenvalue weighted by Crippen LogP contribution is -2.07. The van der Waals surface area contributed by atoms with Gasteiger partial charge in [-0.3, -0.25) is 0 Å². The molecule has 96 valence electrons. The van der Waals surface area contributed by atoms with E-state index in [1.54, 1.807) is 6.20 Å². The number of benzene rings is 1. The maximum atomic E-state index is 10.3. The van der Waals surface area contributed by atoms with Crippen LogP contribution in [0, 0.1) is 5.92 Å². The molecule has 2 aromatic rings. The zero-order chi connectivity index (χ0) is 13.1. The van der Waals surface area contributed by atoms with E-state index >= 15 is 0 Å². The third-order valence-electron chi connectivity index (χ3n) is 3.01. The highest BCUT2D eigenvalue weighted by molar-refractivity contribution is 5.28. The molecule has 0 radical (unpaired) electrons. The van der Waals surface area contributed by atoms with Crippen molar-refractivity contribution in [3.8, 4) is 0 Å². The topological polar surface area (TPSA) is 38.1 Å². The van der Waals surface area contributed by atoms with Gasteiger partial charge in [0.05, 0.1) is 0 Å². The summed E-state index contributed by atoms with van der Waals surface area (Å²) < 4.78 is 1.85. The summed E-state index contributed by atoms with van der Waals surface area (Å²) >= 11 is 0. The first-order valence-corrected chi connectivity index (χ1v) is 6.32. The van der Waals surface area contributed by atoms with Crippen molar-refractivity contribution in [3.63, 3.8) is 0 Å². The molecule has 3 nitrogen and oxygen atoms in total. The minimum absolute atomic E-state index is 0.616. The van der Waals surface area contributed by atoms with Gasteiger partial charge in [-0.05, 0) is 23.5 Å². The number of rotatable bonds is 4. The van der Waals surface area contributed by atoms with Crippen LogP contribution < -0.4 is 0 Å². The van der Waals surface area contributed by atoms with Gasteiger partial charge < -0.3 is 9.67 Å². The van der Waals surface area contributed by atoms with Gasteiger partial charge in [-0.1, -0.05) is 38.1 Å². The van der Waals surface area contributed by atoms with Crippen LogP contribution in [0.4, 0.5) is 0 Å². The fraction of sp³-hybridized carbons (Fsp3) is 0.400. The average Bonchev–Trinajstić information content (AvgIpc) is 2.74. The van der Waals surface area contributed by atoms with Crippen LogP contribution in [0.2, 0.25) is 0 Å². The van der Waals surface area contributed by atoms with Gasteiger partial charge in [-0.25, -0.2) is 4.98 Å². The van der Waals surface area contributed by atoms with Gasteiger partial charge >= 0.3 is 0 Å². The predicted octanol–water partition coefficient (Wildman–Crippen LogP) is 2.70. The number of aryl methyl sites for hydroxylation is 1. The van der Waals surface area contributed by atoms with Crippen LogP contribution in [0.25, 0.3) is 0 Å². The first kappa shape index (κ1) is 12.8. The summed E-state index contributed by atoms with van der Waals surface area (Å²) in [6.45, 7) is 4.39. The molecule has 0 amide bonds. The summed E-state index contributed by atoms with van der Waals surface area (Å²) in [5.74, 6) is 1.29. The molecule has 0 saturated carbocycles. The molecule has 0 spiro atoms. The number of nitrogens with zero attached hydrogens (tertiary/aromatic N) is 2. The van der Waals surface area contributed by atoms with Crippen molar-refractivity contribution in [1.29, 1.82) is 0 Å². The molecule has 0 saturated heterocycles. The highest BCUT2D eigenvalue weighted by Gasteiger charge is 2.15. The van der Waals surface area contributed by atoms with Gasteiger partial charge in [-0.15, -0.1) is 0 Å². The van der Waals surface area contributed by atoms with Crippen molar-refractivity contribution in [2.45, 2.75) is 26.4 Å². The molecule has 2 rings (SSSR count). The summed E-state index contributed by atoms with van der Waals surface area (Å²) in [5, 5.41) is 10.3. The third-order valence-corrected chi connectivity index (χ3v) is 3.01. The van der Waals surface area contributed by atoms with Gasteiger partial charge in [-0.2, -0.15) is 0 Å². The Hall–Kier alpha value is -1.61. The van der Waals surface area contributed by atoms with Crippen LogP contribution in [0.15, 0.2) is 36.7 Å². The van der Waals surface area contributed by atoms with Crippen molar-refractivity contribution in [2.24, 2.45) is 13.0 Å². The van der Waals surface area contributed by atoms with E-state index in [1.807, 2.05) is 29.9 Å². The van der Waals surface area contributed by atoms with Gasteiger partial charge in [0.2, 0.25) is 0 Å². The summed E-state index contributed by atoms with van der Waals surface area (Å²) in [7, 11) is 1.89. The number of hydrogen-bond donors (Lipinski definition) is 1. The van der Waals surface area contributed by atoms with E-state index in [2.05, 4.69) is 31.0 Å². The Morgan fingerprint density at radius 3 is 2.72 bits per heavy atom. The quantitative estimate of drug-likeness (QED) is 0.898.